The molecule has 3 N–H and O–H groups in total. The molecule has 1 fully saturated rings. The van der Waals surface area contributed by atoms with Crippen LogP contribution in [0.4, 0.5) is 14.5 Å². The van der Waals surface area contributed by atoms with Gasteiger partial charge in [-0.2, -0.15) is 0 Å². The smallest absolute Gasteiger partial charge is 0.149 e. The Labute approximate surface area is 81.1 Å². The molecule has 1 aliphatic rings. The minimum absolute atomic E-state index is 0.219. The van der Waals surface area contributed by atoms with E-state index in [9.17, 15) is 8.78 Å². The molecule has 0 spiro atoms. The van der Waals surface area contributed by atoms with Gasteiger partial charge < -0.3 is 11.1 Å². The number of nitrogens with two attached hydrogens (primary N) is 1. The van der Waals surface area contributed by atoms with Crippen molar-refractivity contribution < 1.29 is 8.78 Å². The van der Waals surface area contributed by atoms with Gasteiger partial charge in [0.25, 0.3) is 0 Å². The van der Waals surface area contributed by atoms with Gasteiger partial charge in [-0.25, -0.2) is 8.78 Å². The highest BCUT2D eigenvalue weighted by Gasteiger charge is 2.26. The molecular formula is C10H12F2N2. The van der Waals surface area contributed by atoms with Crippen molar-refractivity contribution in [2.45, 2.75) is 24.9 Å². The Balaban J connectivity index is 2.02. The molecule has 0 saturated heterocycles. The maximum Gasteiger partial charge on any atom is 0.149 e. The summed E-state index contributed by atoms with van der Waals surface area (Å²) in [5, 5.41) is 2.98. The van der Waals surface area contributed by atoms with Gasteiger partial charge in [0.2, 0.25) is 0 Å². The Hall–Kier alpha value is -1.16. The molecule has 4 heteroatoms. The van der Waals surface area contributed by atoms with Crippen LogP contribution < -0.4 is 11.1 Å². The second-order valence-electron chi connectivity index (χ2n) is 3.70. The second-order valence-corrected chi connectivity index (χ2v) is 3.70. The van der Waals surface area contributed by atoms with Gasteiger partial charge in [0.15, 0.2) is 0 Å². The quantitative estimate of drug-likeness (QED) is 0.761. The molecule has 2 rings (SSSR count). The van der Waals surface area contributed by atoms with Gasteiger partial charge in [0, 0.05) is 18.2 Å². The van der Waals surface area contributed by atoms with Crippen LogP contribution in [0.3, 0.4) is 0 Å². The molecule has 0 amide bonds. The third-order valence-corrected chi connectivity index (χ3v) is 2.47. The summed E-state index contributed by atoms with van der Waals surface area (Å²) in [6.45, 7) is 0. The van der Waals surface area contributed by atoms with Crippen LogP contribution in [0, 0.1) is 11.6 Å². The molecule has 0 aliphatic heterocycles. The number of hydrogen-bond donors (Lipinski definition) is 2. The number of rotatable bonds is 2. The lowest BCUT2D eigenvalue weighted by Crippen LogP contribution is -2.44. The number of benzene rings is 1. The predicted molar refractivity (Wildman–Crippen MR) is 51.0 cm³/mol. The fourth-order valence-corrected chi connectivity index (χ4v) is 1.61. The molecule has 1 aromatic carbocycles. The van der Waals surface area contributed by atoms with Gasteiger partial charge in [-0.05, 0) is 25.0 Å². The van der Waals surface area contributed by atoms with Crippen molar-refractivity contribution in [3.05, 3.63) is 29.8 Å². The number of hydrogen-bond acceptors (Lipinski definition) is 2. The zero-order chi connectivity index (χ0) is 10.1. The highest BCUT2D eigenvalue weighted by atomic mass is 19.1. The molecule has 0 aromatic heterocycles. The van der Waals surface area contributed by atoms with Crippen LogP contribution in [0.5, 0.6) is 0 Å². The molecule has 0 bridgehead atoms. The molecule has 1 saturated carbocycles. The monoisotopic (exact) mass is 198 g/mol. The topological polar surface area (TPSA) is 38.0 Å². The molecule has 0 unspecified atom stereocenters. The first-order valence-electron chi connectivity index (χ1n) is 4.62. The Bertz CT molecular complexity index is 335. The first-order chi connectivity index (χ1) is 6.65. The van der Waals surface area contributed by atoms with E-state index in [1.807, 2.05) is 0 Å². The van der Waals surface area contributed by atoms with Crippen molar-refractivity contribution in [3.8, 4) is 0 Å². The van der Waals surface area contributed by atoms with Gasteiger partial charge >= 0.3 is 0 Å². The van der Waals surface area contributed by atoms with Crippen LogP contribution in [0.2, 0.25) is 0 Å². The largest absolute Gasteiger partial charge is 0.380 e. The molecule has 14 heavy (non-hydrogen) atoms. The SMILES string of the molecule is NC1CC(Nc2ccc(F)cc2F)C1. The Morgan fingerprint density at radius 3 is 2.57 bits per heavy atom. The molecule has 0 atom stereocenters. The molecule has 0 heterocycles. The highest BCUT2D eigenvalue weighted by Crippen LogP contribution is 2.24. The highest BCUT2D eigenvalue weighted by molar-refractivity contribution is 5.46. The number of nitrogens with one attached hydrogen (secondary N) is 1. The van der Waals surface area contributed by atoms with Crippen LogP contribution in [0.25, 0.3) is 0 Å². The Morgan fingerprint density at radius 2 is 2.00 bits per heavy atom. The van der Waals surface area contributed by atoms with Crippen LogP contribution in [-0.2, 0) is 0 Å². The lowest BCUT2D eigenvalue weighted by molar-refractivity contribution is 0.372. The third-order valence-electron chi connectivity index (χ3n) is 2.47. The maximum absolute atomic E-state index is 13.1. The van der Waals surface area contributed by atoms with E-state index in [0.717, 1.165) is 18.9 Å². The van der Waals surface area contributed by atoms with Crippen LogP contribution >= 0.6 is 0 Å². The molecule has 2 nitrogen and oxygen atoms in total. The van der Waals surface area contributed by atoms with Crippen molar-refractivity contribution in [2.75, 3.05) is 5.32 Å². The average molecular weight is 198 g/mol. The zero-order valence-electron chi connectivity index (χ0n) is 7.63. The van der Waals surface area contributed by atoms with Crippen molar-refractivity contribution in [3.63, 3.8) is 0 Å². The molecule has 76 valence electrons. The molecule has 1 aromatic rings. The molecular weight excluding hydrogens is 186 g/mol. The Kier molecular flexibility index (Phi) is 2.37. The van der Waals surface area contributed by atoms with Gasteiger partial charge in [-0.1, -0.05) is 0 Å². The summed E-state index contributed by atoms with van der Waals surface area (Å²) in [4.78, 5) is 0. The zero-order valence-corrected chi connectivity index (χ0v) is 7.63. The van der Waals surface area contributed by atoms with Crippen LogP contribution in [0.1, 0.15) is 12.8 Å². The van der Waals surface area contributed by atoms with Gasteiger partial charge in [-0.15, -0.1) is 0 Å². The van der Waals surface area contributed by atoms with Gasteiger partial charge in [0.05, 0.1) is 5.69 Å². The van der Waals surface area contributed by atoms with E-state index in [1.54, 1.807) is 0 Å². The summed E-state index contributed by atoms with van der Waals surface area (Å²) in [5.74, 6) is -1.11. The number of halogens is 2. The van der Waals surface area contributed by atoms with Crippen molar-refractivity contribution >= 4 is 5.69 Å². The van der Waals surface area contributed by atoms with Crippen molar-refractivity contribution in [2.24, 2.45) is 5.73 Å². The summed E-state index contributed by atoms with van der Waals surface area (Å²) in [7, 11) is 0. The van der Waals surface area contributed by atoms with Gasteiger partial charge in [-0.3, -0.25) is 0 Å². The third kappa shape index (κ3) is 1.85. The summed E-state index contributed by atoms with van der Waals surface area (Å²) in [6.07, 6.45) is 1.69. The predicted octanol–water partition coefficient (Wildman–Crippen LogP) is 1.87. The van der Waals surface area contributed by atoms with E-state index in [4.69, 9.17) is 5.73 Å². The van der Waals surface area contributed by atoms with Gasteiger partial charge in [0.1, 0.15) is 11.6 Å². The number of anilines is 1. The van der Waals surface area contributed by atoms with E-state index >= 15 is 0 Å². The van der Waals surface area contributed by atoms with E-state index < -0.39 is 11.6 Å². The fraction of sp³-hybridized carbons (Fsp3) is 0.400. The van der Waals surface area contributed by atoms with E-state index in [1.165, 1.54) is 12.1 Å². The summed E-state index contributed by atoms with van der Waals surface area (Å²) in [6, 6.07) is 3.97. The fourth-order valence-electron chi connectivity index (χ4n) is 1.61. The average Bonchev–Trinajstić information content (AvgIpc) is 2.06. The minimum Gasteiger partial charge on any atom is -0.380 e. The van der Waals surface area contributed by atoms with Crippen molar-refractivity contribution in [1.82, 2.24) is 0 Å². The Morgan fingerprint density at radius 1 is 1.29 bits per heavy atom. The summed E-state index contributed by atoms with van der Waals surface area (Å²) < 4.78 is 25.7. The van der Waals surface area contributed by atoms with E-state index in [2.05, 4.69) is 5.32 Å². The minimum atomic E-state index is -0.557. The second kappa shape index (κ2) is 3.53. The first-order valence-corrected chi connectivity index (χ1v) is 4.62. The van der Waals surface area contributed by atoms with Crippen LogP contribution in [0.15, 0.2) is 18.2 Å². The molecule has 0 radical (unpaired) electrons. The standard InChI is InChI=1S/C10H12F2N2/c11-6-1-2-10(9(12)3-6)14-8-4-7(13)5-8/h1-3,7-8,14H,4-5,13H2. The van der Waals surface area contributed by atoms with Crippen LogP contribution in [-0.4, -0.2) is 12.1 Å². The van der Waals surface area contributed by atoms with E-state index in [0.29, 0.717) is 5.69 Å². The van der Waals surface area contributed by atoms with Crippen molar-refractivity contribution in [1.29, 1.82) is 0 Å². The normalized spacial score (nSPS) is 25.6. The van der Waals surface area contributed by atoms with E-state index in [-0.39, 0.29) is 12.1 Å². The summed E-state index contributed by atoms with van der Waals surface area (Å²) in [5.41, 5.74) is 5.94. The maximum atomic E-state index is 13.1. The lowest BCUT2D eigenvalue weighted by Gasteiger charge is -2.33. The molecule has 1 aliphatic carbocycles. The lowest BCUT2D eigenvalue weighted by atomic mass is 9.87. The first kappa shape index (κ1) is 9.40. The summed E-state index contributed by atoms with van der Waals surface area (Å²) >= 11 is 0.